The number of carbonyl (C=O) groups excluding carboxylic acids is 1. The molecule has 3 N–H and O–H groups in total. The molecule has 0 aliphatic rings. The number of fused-ring (bicyclic) bond motifs is 1. The molecule has 1 amide bonds. The van der Waals surface area contributed by atoms with Gasteiger partial charge in [-0.25, -0.2) is 14.2 Å². The summed E-state index contributed by atoms with van der Waals surface area (Å²) in [5, 5.41) is 17.0. The van der Waals surface area contributed by atoms with E-state index in [1.54, 1.807) is 18.3 Å². The Kier molecular flexibility index (Phi) is 8.58. The van der Waals surface area contributed by atoms with Crippen LogP contribution in [0.4, 0.5) is 15.0 Å². The molecule has 1 heterocycles. The maximum absolute atomic E-state index is 13.4. The average molecular weight is 446 g/mol. The van der Waals surface area contributed by atoms with Crippen LogP contribution in [-0.2, 0) is 11.3 Å². The summed E-state index contributed by atoms with van der Waals surface area (Å²) in [7, 11) is 0. The van der Waals surface area contributed by atoms with Gasteiger partial charge in [0.2, 0.25) is 0 Å². The van der Waals surface area contributed by atoms with Crippen molar-refractivity contribution in [2.75, 3.05) is 18.5 Å². The van der Waals surface area contributed by atoms with E-state index in [4.69, 9.17) is 21.4 Å². The zero-order chi connectivity index (χ0) is 22.1. The molecule has 164 valence electrons. The first-order valence-electron chi connectivity index (χ1n) is 10.1. The van der Waals surface area contributed by atoms with Gasteiger partial charge >= 0.3 is 6.09 Å². The van der Waals surface area contributed by atoms with Gasteiger partial charge in [0.15, 0.2) is 0 Å². The molecule has 0 saturated heterocycles. The van der Waals surface area contributed by atoms with E-state index in [1.165, 1.54) is 12.1 Å². The van der Waals surface area contributed by atoms with Crippen LogP contribution in [0, 0.1) is 5.82 Å². The van der Waals surface area contributed by atoms with Crippen molar-refractivity contribution >= 4 is 34.3 Å². The van der Waals surface area contributed by atoms with Crippen molar-refractivity contribution in [2.24, 2.45) is 0 Å². The monoisotopic (exact) mass is 445 g/mol. The standard InChI is InChI=1S/C23H25ClFN3O3/c24-21-7-2-1-5-17(21)14-26-20(6-3-4-10-29)15-31-23(30)28-22-12-18-11-19(25)9-8-16(18)13-27-22/h1-2,5,7-9,11-13,20,26,29H,3-4,6,10,14-15H2,(H,27,28,30)/t20-/m0/s1. The number of aliphatic hydroxyl groups excluding tert-OH is 1. The molecule has 0 aliphatic carbocycles. The van der Waals surface area contributed by atoms with Crippen molar-refractivity contribution in [3.05, 3.63) is 71.1 Å². The second-order valence-corrected chi connectivity index (χ2v) is 7.58. The summed E-state index contributed by atoms with van der Waals surface area (Å²) in [5.74, 6) is -0.0773. The first-order valence-corrected chi connectivity index (χ1v) is 10.5. The molecule has 6 nitrogen and oxygen atoms in total. The molecule has 0 radical (unpaired) electrons. The topological polar surface area (TPSA) is 83.5 Å². The Morgan fingerprint density at radius 2 is 2.00 bits per heavy atom. The predicted octanol–water partition coefficient (Wildman–Crippen LogP) is 4.90. The Hall–Kier alpha value is -2.74. The molecule has 8 heteroatoms. The molecule has 0 saturated carbocycles. The molecule has 0 bridgehead atoms. The third-order valence-corrected chi connectivity index (χ3v) is 5.20. The Balaban J connectivity index is 1.55. The molecular formula is C23H25ClFN3O3. The highest BCUT2D eigenvalue weighted by Gasteiger charge is 2.13. The highest BCUT2D eigenvalue weighted by molar-refractivity contribution is 6.31. The number of halogens is 2. The van der Waals surface area contributed by atoms with Gasteiger partial charge in [0.05, 0.1) is 0 Å². The van der Waals surface area contributed by atoms with Crippen LogP contribution in [0.3, 0.4) is 0 Å². The second-order valence-electron chi connectivity index (χ2n) is 7.17. The fourth-order valence-corrected chi connectivity index (χ4v) is 3.34. The number of unbranched alkanes of at least 4 members (excludes halogenated alkanes) is 1. The number of hydrogen-bond donors (Lipinski definition) is 3. The number of carbonyl (C=O) groups is 1. The minimum atomic E-state index is -0.644. The van der Waals surface area contributed by atoms with E-state index < -0.39 is 6.09 Å². The van der Waals surface area contributed by atoms with E-state index in [1.807, 2.05) is 24.3 Å². The summed E-state index contributed by atoms with van der Waals surface area (Å²) in [5.41, 5.74) is 0.952. The largest absolute Gasteiger partial charge is 0.448 e. The van der Waals surface area contributed by atoms with E-state index in [0.717, 1.165) is 23.8 Å². The minimum Gasteiger partial charge on any atom is -0.448 e. The summed E-state index contributed by atoms with van der Waals surface area (Å²) in [6, 6.07) is 13.4. The number of ether oxygens (including phenoxy) is 1. The van der Waals surface area contributed by atoms with Crippen LogP contribution < -0.4 is 10.6 Å². The van der Waals surface area contributed by atoms with Gasteiger partial charge in [-0.15, -0.1) is 0 Å². The van der Waals surface area contributed by atoms with E-state index >= 15 is 0 Å². The first-order chi connectivity index (χ1) is 15.0. The molecule has 1 atom stereocenters. The molecule has 0 fully saturated rings. The third-order valence-electron chi connectivity index (χ3n) is 4.83. The Labute approximate surface area is 185 Å². The quantitative estimate of drug-likeness (QED) is 0.387. The number of hydrogen-bond acceptors (Lipinski definition) is 5. The van der Waals surface area contributed by atoms with Crippen LogP contribution in [0.1, 0.15) is 24.8 Å². The van der Waals surface area contributed by atoms with Crippen LogP contribution in [-0.4, -0.2) is 35.4 Å². The van der Waals surface area contributed by atoms with Crippen LogP contribution >= 0.6 is 11.6 Å². The zero-order valence-corrected chi connectivity index (χ0v) is 17.7. The lowest BCUT2D eigenvalue weighted by Gasteiger charge is -2.19. The lowest BCUT2D eigenvalue weighted by molar-refractivity contribution is 0.144. The van der Waals surface area contributed by atoms with Gasteiger partial charge in [-0.3, -0.25) is 5.32 Å². The molecule has 3 rings (SSSR count). The van der Waals surface area contributed by atoms with Gasteiger partial charge in [-0.2, -0.15) is 0 Å². The van der Waals surface area contributed by atoms with Gasteiger partial charge in [0.25, 0.3) is 0 Å². The number of nitrogens with one attached hydrogen (secondary N) is 2. The van der Waals surface area contributed by atoms with Gasteiger partial charge in [0, 0.05) is 35.8 Å². The number of rotatable bonds is 10. The smallest absolute Gasteiger partial charge is 0.412 e. The van der Waals surface area contributed by atoms with Gasteiger partial charge in [0.1, 0.15) is 18.2 Å². The number of benzene rings is 2. The lowest BCUT2D eigenvalue weighted by atomic mass is 10.1. The summed E-state index contributed by atoms with van der Waals surface area (Å²) >= 11 is 6.20. The second kappa shape index (κ2) is 11.6. The van der Waals surface area contributed by atoms with Gasteiger partial charge < -0.3 is 15.2 Å². The third kappa shape index (κ3) is 7.17. The fraction of sp³-hybridized carbons (Fsp3) is 0.304. The van der Waals surface area contributed by atoms with Crippen LogP contribution in [0.5, 0.6) is 0 Å². The number of nitrogens with zero attached hydrogens (tertiary/aromatic N) is 1. The molecule has 2 aromatic carbocycles. The van der Waals surface area contributed by atoms with Crippen LogP contribution in [0.2, 0.25) is 5.02 Å². The predicted molar refractivity (Wildman–Crippen MR) is 120 cm³/mol. The van der Waals surface area contributed by atoms with Gasteiger partial charge in [-0.1, -0.05) is 29.8 Å². The van der Waals surface area contributed by atoms with E-state index in [-0.39, 0.29) is 30.9 Å². The molecule has 31 heavy (non-hydrogen) atoms. The summed E-state index contributed by atoms with van der Waals surface area (Å²) in [6.07, 6.45) is 3.11. The molecule has 0 aliphatic heterocycles. The Morgan fingerprint density at radius 1 is 1.16 bits per heavy atom. The maximum Gasteiger partial charge on any atom is 0.412 e. The fourth-order valence-electron chi connectivity index (χ4n) is 3.14. The molecular weight excluding hydrogens is 421 g/mol. The SMILES string of the molecule is O=C(Nc1cc2cc(F)ccc2cn1)OC[C@H](CCCCO)NCc1ccccc1Cl. The van der Waals surface area contributed by atoms with Crippen molar-refractivity contribution < 1.29 is 19.0 Å². The summed E-state index contributed by atoms with van der Waals surface area (Å²) in [6.45, 7) is 0.795. The summed E-state index contributed by atoms with van der Waals surface area (Å²) < 4.78 is 18.8. The van der Waals surface area contributed by atoms with Crippen LogP contribution in [0.25, 0.3) is 10.8 Å². The van der Waals surface area contributed by atoms with Crippen molar-refractivity contribution in [1.82, 2.24) is 10.3 Å². The Bertz CT molecular complexity index is 1020. The van der Waals surface area contributed by atoms with E-state index in [2.05, 4.69) is 15.6 Å². The van der Waals surface area contributed by atoms with Crippen molar-refractivity contribution in [3.8, 4) is 0 Å². The van der Waals surface area contributed by atoms with E-state index in [9.17, 15) is 9.18 Å². The highest BCUT2D eigenvalue weighted by atomic mass is 35.5. The lowest BCUT2D eigenvalue weighted by Crippen LogP contribution is -2.35. The van der Waals surface area contributed by atoms with Crippen LogP contribution in [0.15, 0.2) is 54.7 Å². The van der Waals surface area contributed by atoms with Crippen molar-refractivity contribution in [1.29, 1.82) is 0 Å². The van der Waals surface area contributed by atoms with Crippen molar-refractivity contribution in [3.63, 3.8) is 0 Å². The van der Waals surface area contributed by atoms with Crippen molar-refractivity contribution in [2.45, 2.75) is 31.8 Å². The molecule has 3 aromatic rings. The number of aliphatic hydroxyl groups is 1. The van der Waals surface area contributed by atoms with E-state index in [0.29, 0.717) is 23.4 Å². The first kappa shape index (κ1) is 22.9. The minimum absolute atomic E-state index is 0.104. The number of anilines is 1. The number of aromatic nitrogens is 1. The molecule has 1 aromatic heterocycles. The molecule has 0 unspecified atom stereocenters. The molecule has 0 spiro atoms. The van der Waals surface area contributed by atoms with Gasteiger partial charge in [-0.05, 0) is 60.5 Å². The number of pyridine rings is 1. The normalized spacial score (nSPS) is 12.0. The highest BCUT2D eigenvalue weighted by Crippen LogP contribution is 2.18. The summed E-state index contributed by atoms with van der Waals surface area (Å²) in [4.78, 5) is 16.4. The number of amides is 1. The zero-order valence-electron chi connectivity index (χ0n) is 17.0. The average Bonchev–Trinajstić information content (AvgIpc) is 2.76. The Morgan fingerprint density at radius 3 is 2.81 bits per heavy atom. The maximum atomic E-state index is 13.4.